The van der Waals surface area contributed by atoms with Crippen LogP contribution >= 0.6 is 0 Å². The lowest BCUT2D eigenvalue weighted by atomic mass is 9.80. The van der Waals surface area contributed by atoms with Crippen LogP contribution < -0.4 is 5.32 Å². The summed E-state index contributed by atoms with van der Waals surface area (Å²) in [6.07, 6.45) is 3.56. The van der Waals surface area contributed by atoms with Crippen LogP contribution in [0, 0.1) is 11.3 Å². The molecule has 0 aliphatic heterocycles. The van der Waals surface area contributed by atoms with Crippen molar-refractivity contribution in [3.8, 4) is 6.07 Å². The topological polar surface area (TPSA) is 45.0 Å². The van der Waals surface area contributed by atoms with Gasteiger partial charge in [-0.2, -0.15) is 5.26 Å². The molecular weight excluding hydrogens is 212 g/mol. The highest BCUT2D eigenvalue weighted by molar-refractivity contribution is 5.32. The van der Waals surface area contributed by atoms with E-state index < -0.39 is 0 Å². The van der Waals surface area contributed by atoms with E-state index in [1.54, 1.807) is 7.11 Å². The summed E-state index contributed by atoms with van der Waals surface area (Å²) in [6, 6.07) is 9.86. The third-order valence-corrected chi connectivity index (χ3v) is 3.53. The second-order valence-corrected chi connectivity index (χ2v) is 4.66. The van der Waals surface area contributed by atoms with Gasteiger partial charge in [0, 0.05) is 20.2 Å². The van der Waals surface area contributed by atoms with Crippen molar-refractivity contribution < 1.29 is 4.74 Å². The third-order valence-electron chi connectivity index (χ3n) is 3.53. The number of rotatable bonds is 5. The third kappa shape index (κ3) is 2.85. The highest BCUT2D eigenvalue weighted by Gasteiger charge is 2.36. The van der Waals surface area contributed by atoms with Crippen molar-refractivity contribution in [1.82, 2.24) is 5.32 Å². The minimum Gasteiger partial charge on any atom is -0.377 e. The smallest absolute Gasteiger partial charge is 0.0991 e. The number of nitriles is 1. The summed E-state index contributed by atoms with van der Waals surface area (Å²) in [5, 5.41) is 12.2. The average Bonchev–Trinajstić information content (AvgIpc) is 2.33. The Kier molecular flexibility index (Phi) is 3.78. The van der Waals surface area contributed by atoms with Crippen LogP contribution in [0.15, 0.2) is 24.3 Å². The van der Waals surface area contributed by atoms with Crippen LogP contribution in [0.5, 0.6) is 0 Å². The fraction of sp³-hybridized carbons (Fsp3) is 0.500. The van der Waals surface area contributed by atoms with Crippen molar-refractivity contribution in [2.45, 2.75) is 31.4 Å². The fourth-order valence-electron chi connectivity index (χ4n) is 2.21. The van der Waals surface area contributed by atoms with Crippen LogP contribution in [-0.4, -0.2) is 19.3 Å². The molecule has 0 atom stereocenters. The summed E-state index contributed by atoms with van der Waals surface area (Å²) in [6.45, 7) is 1.68. The molecule has 1 N–H and O–H groups in total. The fourth-order valence-corrected chi connectivity index (χ4v) is 2.21. The Morgan fingerprint density at radius 2 is 2.29 bits per heavy atom. The van der Waals surface area contributed by atoms with E-state index in [-0.39, 0.29) is 5.60 Å². The maximum absolute atomic E-state index is 8.81. The molecule has 2 rings (SSSR count). The Morgan fingerprint density at radius 1 is 1.47 bits per heavy atom. The average molecular weight is 230 g/mol. The molecule has 0 spiro atoms. The van der Waals surface area contributed by atoms with Crippen molar-refractivity contribution in [1.29, 1.82) is 5.26 Å². The minimum absolute atomic E-state index is 0.0623. The normalized spacial score (nSPS) is 17.2. The summed E-state index contributed by atoms with van der Waals surface area (Å²) < 4.78 is 5.54. The van der Waals surface area contributed by atoms with Crippen LogP contribution in [0.1, 0.15) is 30.4 Å². The van der Waals surface area contributed by atoms with Gasteiger partial charge in [-0.25, -0.2) is 0 Å². The number of ether oxygens (including phenoxy) is 1. The Labute approximate surface area is 102 Å². The van der Waals surface area contributed by atoms with Gasteiger partial charge in [0.15, 0.2) is 0 Å². The van der Waals surface area contributed by atoms with E-state index in [4.69, 9.17) is 10.00 Å². The molecule has 1 saturated carbocycles. The molecular formula is C14H18N2O. The number of hydrogen-bond acceptors (Lipinski definition) is 3. The number of methoxy groups -OCH3 is 1. The van der Waals surface area contributed by atoms with Crippen molar-refractivity contribution in [2.24, 2.45) is 0 Å². The molecule has 1 aliphatic carbocycles. The maximum atomic E-state index is 8.81. The Morgan fingerprint density at radius 3 is 2.88 bits per heavy atom. The van der Waals surface area contributed by atoms with E-state index in [1.807, 2.05) is 24.3 Å². The minimum atomic E-state index is 0.0623. The number of nitrogens with zero attached hydrogens (tertiary/aromatic N) is 1. The lowest BCUT2D eigenvalue weighted by molar-refractivity contribution is -0.0695. The first-order valence-corrected chi connectivity index (χ1v) is 6.03. The summed E-state index contributed by atoms with van der Waals surface area (Å²) >= 11 is 0. The van der Waals surface area contributed by atoms with Gasteiger partial charge in [0.25, 0.3) is 0 Å². The predicted octanol–water partition coefficient (Wildman–Crippen LogP) is 2.22. The highest BCUT2D eigenvalue weighted by Crippen LogP contribution is 2.34. The molecule has 0 heterocycles. The van der Waals surface area contributed by atoms with Gasteiger partial charge in [-0.1, -0.05) is 12.1 Å². The molecule has 1 aromatic carbocycles. The Bertz CT molecular complexity index is 413. The molecule has 0 unspecified atom stereocenters. The van der Waals surface area contributed by atoms with Gasteiger partial charge < -0.3 is 10.1 Å². The van der Waals surface area contributed by atoms with E-state index in [1.165, 1.54) is 6.42 Å². The van der Waals surface area contributed by atoms with Crippen LogP contribution in [0.4, 0.5) is 0 Å². The first-order chi connectivity index (χ1) is 8.28. The van der Waals surface area contributed by atoms with Crippen molar-refractivity contribution in [3.05, 3.63) is 35.4 Å². The number of hydrogen-bond donors (Lipinski definition) is 1. The van der Waals surface area contributed by atoms with E-state index in [0.717, 1.165) is 37.1 Å². The van der Waals surface area contributed by atoms with Gasteiger partial charge in [0.1, 0.15) is 0 Å². The molecule has 0 amide bonds. The van der Waals surface area contributed by atoms with E-state index in [0.29, 0.717) is 0 Å². The van der Waals surface area contributed by atoms with Crippen LogP contribution in [0.3, 0.4) is 0 Å². The summed E-state index contributed by atoms with van der Waals surface area (Å²) in [4.78, 5) is 0. The SMILES string of the molecule is COC1(CNCc2cccc(C#N)c2)CCC1. The Hall–Kier alpha value is -1.37. The summed E-state index contributed by atoms with van der Waals surface area (Å²) in [5.41, 5.74) is 1.93. The first-order valence-electron chi connectivity index (χ1n) is 6.03. The maximum Gasteiger partial charge on any atom is 0.0991 e. The van der Waals surface area contributed by atoms with E-state index in [2.05, 4.69) is 11.4 Å². The number of nitrogens with one attached hydrogen (secondary N) is 1. The molecule has 0 saturated heterocycles. The van der Waals surface area contributed by atoms with Gasteiger partial charge in [-0.15, -0.1) is 0 Å². The molecule has 3 nitrogen and oxygen atoms in total. The molecule has 17 heavy (non-hydrogen) atoms. The molecule has 1 fully saturated rings. The standard InChI is InChI=1S/C14H18N2O/c1-17-14(6-3-7-14)11-16-10-13-5-2-4-12(8-13)9-15/h2,4-5,8,16H,3,6-7,10-11H2,1H3. The summed E-state index contributed by atoms with van der Waals surface area (Å²) in [7, 11) is 1.79. The zero-order valence-electron chi connectivity index (χ0n) is 10.2. The van der Waals surface area contributed by atoms with Gasteiger partial charge in [0.2, 0.25) is 0 Å². The van der Waals surface area contributed by atoms with Gasteiger partial charge >= 0.3 is 0 Å². The van der Waals surface area contributed by atoms with E-state index in [9.17, 15) is 0 Å². The zero-order valence-corrected chi connectivity index (χ0v) is 10.2. The highest BCUT2D eigenvalue weighted by atomic mass is 16.5. The zero-order chi connectivity index (χ0) is 12.1. The van der Waals surface area contributed by atoms with Crippen molar-refractivity contribution in [3.63, 3.8) is 0 Å². The molecule has 1 aromatic rings. The lowest BCUT2D eigenvalue weighted by Crippen LogP contribution is -2.47. The molecule has 90 valence electrons. The number of benzene rings is 1. The van der Waals surface area contributed by atoms with Gasteiger partial charge in [-0.05, 0) is 37.0 Å². The van der Waals surface area contributed by atoms with Crippen LogP contribution in [-0.2, 0) is 11.3 Å². The van der Waals surface area contributed by atoms with E-state index >= 15 is 0 Å². The molecule has 0 bridgehead atoms. The van der Waals surface area contributed by atoms with Gasteiger partial charge in [0.05, 0.1) is 17.2 Å². The van der Waals surface area contributed by atoms with Crippen LogP contribution in [0.2, 0.25) is 0 Å². The second kappa shape index (κ2) is 5.31. The predicted molar refractivity (Wildman–Crippen MR) is 66.5 cm³/mol. The first kappa shape index (κ1) is 12.1. The molecule has 1 aliphatic rings. The second-order valence-electron chi connectivity index (χ2n) is 4.66. The van der Waals surface area contributed by atoms with Crippen molar-refractivity contribution >= 4 is 0 Å². The lowest BCUT2D eigenvalue weighted by Gasteiger charge is -2.40. The van der Waals surface area contributed by atoms with Crippen molar-refractivity contribution in [2.75, 3.05) is 13.7 Å². The molecule has 0 radical (unpaired) electrons. The quantitative estimate of drug-likeness (QED) is 0.843. The summed E-state index contributed by atoms with van der Waals surface area (Å²) in [5.74, 6) is 0. The van der Waals surface area contributed by atoms with Gasteiger partial charge in [-0.3, -0.25) is 0 Å². The Balaban J connectivity index is 1.83. The largest absolute Gasteiger partial charge is 0.377 e. The monoisotopic (exact) mass is 230 g/mol. The molecule has 3 heteroatoms. The van der Waals surface area contributed by atoms with Crippen LogP contribution in [0.25, 0.3) is 0 Å². The molecule has 0 aromatic heterocycles.